The van der Waals surface area contributed by atoms with E-state index in [2.05, 4.69) is 149 Å². The van der Waals surface area contributed by atoms with Gasteiger partial charge in [0.2, 0.25) is 0 Å². The number of para-hydroxylation sites is 1. The predicted octanol–water partition coefficient (Wildman–Crippen LogP) is 10.4. The van der Waals surface area contributed by atoms with Crippen molar-refractivity contribution >= 4 is 65.2 Å². The number of benzene rings is 7. The summed E-state index contributed by atoms with van der Waals surface area (Å²) in [5, 5.41) is 10.2. The number of rotatable bonds is 2. The van der Waals surface area contributed by atoms with E-state index in [1.165, 1.54) is 70.8 Å². The molecule has 0 radical (unpaired) electrons. The van der Waals surface area contributed by atoms with Crippen LogP contribution in [-0.4, -0.2) is 9.55 Å². The summed E-state index contributed by atoms with van der Waals surface area (Å²) in [7, 11) is 0. The molecule has 0 aliphatic rings. The third-order valence-corrected chi connectivity index (χ3v) is 8.45. The van der Waals surface area contributed by atoms with Crippen LogP contribution in [0, 0.1) is 0 Å². The zero-order valence-electron chi connectivity index (χ0n) is 21.7. The van der Waals surface area contributed by atoms with Crippen LogP contribution in [-0.2, 0) is 0 Å². The van der Waals surface area contributed by atoms with Crippen molar-refractivity contribution in [3.8, 4) is 16.8 Å². The first-order valence-electron chi connectivity index (χ1n) is 13.8. The Bertz CT molecular complexity index is 2410. The van der Waals surface area contributed by atoms with Crippen molar-refractivity contribution < 1.29 is 0 Å². The smallest absolute Gasteiger partial charge is 0.0568 e. The molecule has 0 fully saturated rings. The number of nitrogens with one attached hydrogen (secondary N) is 1. The summed E-state index contributed by atoms with van der Waals surface area (Å²) < 4.78 is 2.44. The van der Waals surface area contributed by atoms with Crippen molar-refractivity contribution in [3.63, 3.8) is 0 Å². The number of aromatic nitrogens is 2. The number of hydrogen-bond acceptors (Lipinski definition) is 0. The lowest BCUT2D eigenvalue weighted by Crippen LogP contribution is -1.93. The van der Waals surface area contributed by atoms with Crippen LogP contribution in [0.3, 0.4) is 0 Å². The average Bonchev–Trinajstić information content (AvgIpc) is 3.54. The first-order chi connectivity index (χ1) is 19.8. The molecule has 0 spiro atoms. The highest BCUT2D eigenvalue weighted by molar-refractivity contribution is 6.32. The summed E-state index contributed by atoms with van der Waals surface area (Å²) in [5.41, 5.74) is 8.43. The van der Waals surface area contributed by atoms with Crippen LogP contribution in [0.15, 0.2) is 140 Å². The Hall–Kier alpha value is -5.34. The van der Waals surface area contributed by atoms with Crippen molar-refractivity contribution in [2.75, 3.05) is 0 Å². The van der Waals surface area contributed by atoms with E-state index in [1.807, 2.05) is 0 Å². The summed E-state index contributed by atoms with van der Waals surface area (Å²) in [5.74, 6) is 0. The number of fused-ring (bicyclic) bond motifs is 9. The predicted molar refractivity (Wildman–Crippen MR) is 171 cm³/mol. The van der Waals surface area contributed by atoms with Gasteiger partial charge in [0.1, 0.15) is 0 Å². The lowest BCUT2D eigenvalue weighted by Gasteiger charge is -2.11. The van der Waals surface area contributed by atoms with Gasteiger partial charge < -0.3 is 9.55 Å². The van der Waals surface area contributed by atoms with E-state index in [-0.39, 0.29) is 0 Å². The number of hydrogen-bond donors (Lipinski definition) is 1. The molecular formula is C38H24N2. The summed E-state index contributed by atoms with van der Waals surface area (Å²) in [6.45, 7) is 0. The highest BCUT2D eigenvalue weighted by Crippen LogP contribution is 2.47. The molecule has 2 heteroatoms. The van der Waals surface area contributed by atoms with Crippen LogP contribution in [0.4, 0.5) is 0 Å². The monoisotopic (exact) mass is 508 g/mol. The second-order valence-corrected chi connectivity index (χ2v) is 10.7. The fourth-order valence-electron chi connectivity index (χ4n) is 6.76. The second-order valence-electron chi connectivity index (χ2n) is 10.7. The van der Waals surface area contributed by atoms with Gasteiger partial charge in [-0.15, -0.1) is 0 Å². The van der Waals surface area contributed by atoms with Crippen LogP contribution < -0.4 is 0 Å². The van der Waals surface area contributed by atoms with E-state index in [1.54, 1.807) is 0 Å². The van der Waals surface area contributed by atoms with E-state index in [0.29, 0.717) is 0 Å². The van der Waals surface area contributed by atoms with Crippen molar-refractivity contribution in [1.29, 1.82) is 0 Å². The Labute approximate surface area is 230 Å². The molecule has 9 aromatic rings. The standard InChI is InChI=1S/C38H24N2/c1-3-12-25(13-4-1)35-36-30-21-26-14-7-8-15-27(26)22-31(30)39-32(36)23-34-38(35)37-29-18-10-9-11-24(29)19-20-33(37)40(34)28-16-5-2-6-17-28/h1-23,39H. The molecule has 2 heterocycles. The number of nitrogens with zero attached hydrogens (tertiary/aromatic N) is 1. The van der Waals surface area contributed by atoms with Crippen LogP contribution >= 0.6 is 0 Å². The van der Waals surface area contributed by atoms with Gasteiger partial charge in [-0.25, -0.2) is 0 Å². The quantitative estimate of drug-likeness (QED) is 0.240. The van der Waals surface area contributed by atoms with Gasteiger partial charge in [0.25, 0.3) is 0 Å². The van der Waals surface area contributed by atoms with Crippen molar-refractivity contribution in [2.24, 2.45) is 0 Å². The summed E-state index contributed by atoms with van der Waals surface area (Å²) in [6, 6.07) is 50.6. The molecule has 40 heavy (non-hydrogen) atoms. The molecule has 186 valence electrons. The first-order valence-corrected chi connectivity index (χ1v) is 13.8. The zero-order valence-corrected chi connectivity index (χ0v) is 21.7. The van der Waals surface area contributed by atoms with E-state index < -0.39 is 0 Å². The summed E-state index contributed by atoms with van der Waals surface area (Å²) in [4.78, 5) is 3.82. The van der Waals surface area contributed by atoms with Gasteiger partial charge >= 0.3 is 0 Å². The summed E-state index contributed by atoms with van der Waals surface area (Å²) in [6.07, 6.45) is 0. The third-order valence-electron chi connectivity index (χ3n) is 8.45. The lowest BCUT2D eigenvalue weighted by molar-refractivity contribution is 1.18. The minimum Gasteiger partial charge on any atom is -0.354 e. The summed E-state index contributed by atoms with van der Waals surface area (Å²) >= 11 is 0. The fraction of sp³-hybridized carbons (Fsp3) is 0. The molecule has 7 aromatic carbocycles. The molecule has 0 bridgehead atoms. The van der Waals surface area contributed by atoms with Gasteiger partial charge in [0, 0.05) is 43.8 Å². The molecule has 0 saturated carbocycles. The molecule has 2 nitrogen and oxygen atoms in total. The fourth-order valence-corrected chi connectivity index (χ4v) is 6.76. The maximum atomic E-state index is 3.82. The first kappa shape index (κ1) is 21.6. The normalized spacial score (nSPS) is 12.0. The highest BCUT2D eigenvalue weighted by Gasteiger charge is 2.23. The number of H-pyrrole nitrogens is 1. The van der Waals surface area contributed by atoms with Crippen LogP contribution in [0.25, 0.3) is 82.0 Å². The Morgan fingerprint density at radius 3 is 1.90 bits per heavy atom. The molecule has 0 unspecified atom stereocenters. The Morgan fingerprint density at radius 1 is 0.425 bits per heavy atom. The molecular weight excluding hydrogens is 484 g/mol. The molecule has 0 aliphatic heterocycles. The molecule has 0 aliphatic carbocycles. The van der Waals surface area contributed by atoms with Gasteiger partial charge in [0.05, 0.1) is 11.0 Å². The number of aromatic amines is 1. The maximum absolute atomic E-state index is 3.82. The maximum Gasteiger partial charge on any atom is 0.0568 e. The topological polar surface area (TPSA) is 20.7 Å². The van der Waals surface area contributed by atoms with Gasteiger partial charge in [-0.2, -0.15) is 0 Å². The van der Waals surface area contributed by atoms with E-state index in [4.69, 9.17) is 0 Å². The Kier molecular flexibility index (Phi) is 4.36. The molecule has 2 aromatic heterocycles. The molecule has 9 rings (SSSR count). The third kappa shape index (κ3) is 2.93. The minimum absolute atomic E-state index is 1.15. The average molecular weight is 509 g/mol. The lowest BCUT2D eigenvalue weighted by atomic mass is 9.92. The SMILES string of the molecule is c1ccc(-c2c3c(cc4c2c2c5ccccc5ccc2n4-c2ccccc2)[nH]c2cc4ccccc4cc23)cc1. The molecule has 0 atom stereocenters. The Balaban J connectivity index is 1.60. The molecule has 0 amide bonds. The van der Waals surface area contributed by atoms with Gasteiger partial charge in [0.15, 0.2) is 0 Å². The van der Waals surface area contributed by atoms with Gasteiger partial charge in [-0.1, -0.05) is 103 Å². The van der Waals surface area contributed by atoms with Gasteiger partial charge in [-0.3, -0.25) is 0 Å². The van der Waals surface area contributed by atoms with Crippen molar-refractivity contribution in [1.82, 2.24) is 9.55 Å². The van der Waals surface area contributed by atoms with Crippen LogP contribution in [0.5, 0.6) is 0 Å². The Morgan fingerprint density at radius 2 is 1.10 bits per heavy atom. The molecule has 0 saturated heterocycles. The minimum atomic E-state index is 1.15. The van der Waals surface area contributed by atoms with Crippen molar-refractivity contribution in [3.05, 3.63) is 140 Å². The van der Waals surface area contributed by atoms with E-state index >= 15 is 0 Å². The second kappa shape index (κ2) is 8.08. The van der Waals surface area contributed by atoms with Crippen LogP contribution in [0.2, 0.25) is 0 Å². The van der Waals surface area contributed by atoms with E-state index in [9.17, 15) is 0 Å². The van der Waals surface area contributed by atoms with Crippen molar-refractivity contribution in [2.45, 2.75) is 0 Å². The van der Waals surface area contributed by atoms with E-state index in [0.717, 1.165) is 11.2 Å². The highest BCUT2D eigenvalue weighted by atomic mass is 15.0. The molecule has 1 N–H and O–H groups in total. The van der Waals surface area contributed by atoms with Crippen LogP contribution in [0.1, 0.15) is 0 Å². The largest absolute Gasteiger partial charge is 0.354 e. The van der Waals surface area contributed by atoms with Gasteiger partial charge in [-0.05, 0) is 63.5 Å². The zero-order chi connectivity index (χ0) is 26.2.